The number of nitrogens with one attached hydrogen (secondary N) is 7. The number of aliphatic hydroxyl groups excluding tert-OH is 1. The molecular weight excluding hydrogens is 971 g/mol. The Kier molecular flexibility index (Phi) is 29.3. The molecule has 0 spiro atoms. The van der Waals surface area contributed by atoms with Crippen LogP contribution in [0, 0.1) is 17.8 Å². The SMILES string of the molecule is CC[C@H](C)[C@H](NC(=O)[C@H](CC(N)=O)NC(=O)[C@@H](NC(=O)[C@@H](NC(=O)[C@@H]1CCCN1C(=O)[C@H](CCCN=C(N)N)NC(=O)[C@@H](N)CO)C(C)C)[C@@H](C)CC)C(=O)N[C@@H](CCC(N)=O)C(=O)N[C@@H](CCCCN)C(=O)O. The molecule has 0 aromatic carbocycles. The maximum atomic E-state index is 14.2. The lowest BCUT2D eigenvalue weighted by Crippen LogP contribution is -2.62. The van der Waals surface area contributed by atoms with Crippen LogP contribution in [-0.2, 0) is 52.7 Å². The first kappa shape index (κ1) is 65.3. The summed E-state index contributed by atoms with van der Waals surface area (Å²) in [5.41, 5.74) is 32.9. The second-order valence-corrected chi connectivity index (χ2v) is 18.9. The maximum Gasteiger partial charge on any atom is 0.326 e. The zero-order chi connectivity index (χ0) is 56.4. The molecule has 11 atom stereocenters. The fourth-order valence-corrected chi connectivity index (χ4v) is 7.82. The average molecular weight is 1050 g/mol. The quantitative estimate of drug-likeness (QED) is 0.0160. The normalized spacial score (nSPS) is 17.3. The van der Waals surface area contributed by atoms with Gasteiger partial charge in [-0.25, -0.2) is 4.79 Å². The van der Waals surface area contributed by atoms with Crippen molar-refractivity contribution in [1.82, 2.24) is 42.1 Å². The van der Waals surface area contributed by atoms with Gasteiger partial charge in [0, 0.05) is 19.5 Å². The van der Waals surface area contributed by atoms with E-state index in [1.165, 1.54) is 4.90 Å². The Morgan fingerprint density at radius 1 is 0.622 bits per heavy atom. The Morgan fingerprint density at radius 3 is 1.64 bits per heavy atom. The molecule has 0 aromatic heterocycles. The Hall–Kier alpha value is -6.68. The molecule has 1 aliphatic rings. The highest BCUT2D eigenvalue weighted by Crippen LogP contribution is 2.21. The second-order valence-electron chi connectivity index (χ2n) is 18.9. The number of carbonyl (C=O) groups excluding carboxylic acids is 10. The van der Waals surface area contributed by atoms with Crippen LogP contribution in [0.2, 0.25) is 0 Å². The van der Waals surface area contributed by atoms with Crippen molar-refractivity contribution in [2.24, 2.45) is 57.1 Å². The molecule has 0 radical (unpaired) electrons. The number of amides is 10. The van der Waals surface area contributed by atoms with E-state index in [9.17, 15) is 63.0 Å². The molecule has 1 aliphatic heterocycles. The van der Waals surface area contributed by atoms with Gasteiger partial charge in [0.25, 0.3) is 0 Å². The van der Waals surface area contributed by atoms with E-state index in [0.717, 1.165) is 0 Å². The minimum absolute atomic E-state index is 0.0208. The minimum Gasteiger partial charge on any atom is -0.480 e. The second kappa shape index (κ2) is 33.2. The van der Waals surface area contributed by atoms with Gasteiger partial charge in [0.1, 0.15) is 54.4 Å². The van der Waals surface area contributed by atoms with Crippen LogP contribution in [0.4, 0.5) is 0 Å². The van der Waals surface area contributed by atoms with Crippen molar-refractivity contribution >= 4 is 71.0 Å². The fourth-order valence-electron chi connectivity index (χ4n) is 7.82. The van der Waals surface area contributed by atoms with E-state index in [2.05, 4.69) is 42.2 Å². The third kappa shape index (κ3) is 22.2. The van der Waals surface area contributed by atoms with Gasteiger partial charge in [0.15, 0.2) is 5.96 Å². The first-order chi connectivity index (χ1) is 34.7. The van der Waals surface area contributed by atoms with Crippen molar-refractivity contribution in [2.75, 3.05) is 26.2 Å². The van der Waals surface area contributed by atoms with E-state index in [1.807, 2.05) is 0 Å². The molecule has 1 rings (SSSR count). The molecule has 0 aliphatic carbocycles. The molecule has 28 heteroatoms. The van der Waals surface area contributed by atoms with Gasteiger partial charge in [0.2, 0.25) is 59.1 Å². The van der Waals surface area contributed by atoms with Gasteiger partial charge in [-0.05, 0) is 75.7 Å². The number of hydrogen-bond donors (Lipinski definition) is 15. The third-order valence-corrected chi connectivity index (χ3v) is 12.7. The number of hydrogen-bond acceptors (Lipinski definition) is 15. The summed E-state index contributed by atoms with van der Waals surface area (Å²) in [7, 11) is 0. The van der Waals surface area contributed by atoms with Crippen LogP contribution in [0.3, 0.4) is 0 Å². The van der Waals surface area contributed by atoms with Gasteiger partial charge < -0.3 is 86.7 Å². The van der Waals surface area contributed by atoms with Crippen molar-refractivity contribution in [3.8, 4) is 0 Å². The monoisotopic (exact) mass is 1050 g/mol. The summed E-state index contributed by atoms with van der Waals surface area (Å²) in [6.45, 7) is 9.75. The number of aliphatic imine (C=N–C) groups is 1. The zero-order valence-corrected chi connectivity index (χ0v) is 43.5. The molecule has 1 fully saturated rings. The van der Waals surface area contributed by atoms with Crippen LogP contribution in [0.1, 0.15) is 119 Å². The van der Waals surface area contributed by atoms with E-state index < -0.39 is 150 Å². The summed E-state index contributed by atoms with van der Waals surface area (Å²) < 4.78 is 0. The van der Waals surface area contributed by atoms with Crippen LogP contribution in [-0.4, -0.2) is 167 Å². The van der Waals surface area contributed by atoms with Crippen molar-refractivity contribution < 1.29 is 63.0 Å². The highest BCUT2D eigenvalue weighted by atomic mass is 16.4. The summed E-state index contributed by atoms with van der Waals surface area (Å²) >= 11 is 0. The van der Waals surface area contributed by atoms with Crippen LogP contribution >= 0.6 is 0 Å². The van der Waals surface area contributed by atoms with Crippen molar-refractivity contribution in [1.29, 1.82) is 0 Å². The predicted octanol–water partition coefficient (Wildman–Crippen LogP) is -5.15. The summed E-state index contributed by atoms with van der Waals surface area (Å²) in [6.07, 6.45) is 0.845. The van der Waals surface area contributed by atoms with E-state index in [0.29, 0.717) is 25.7 Å². The van der Waals surface area contributed by atoms with Crippen LogP contribution < -0.4 is 71.6 Å². The molecule has 420 valence electrons. The van der Waals surface area contributed by atoms with Crippen LogP contribution in [0.15, 0.2) is 4.99 Å². The van der Waals surface area contributed by atoms with Crippen molar-refractivity contribution in [3.63, 3.8) is 0 Å². The Balaban J connectivity index is 3.41. The lowest BCUT2D eigenvalue weighted by molar-refractivity contribution is -0.143. The number of aliphatic carboxylic acids is 1. The molecular formula is C46H83N15O13. The standard InChI is InChI=1S/C46H83N15O13/c1-7-24(5)35(42(70)54-27(16-17-32(49)63)38(66)56-29(45(73)74)13-9-10-18-47)59-39(67)30(21-33(50)64)57-43(71)36(25(6)8-2)60-41(69)34(23(3)4)58-40(68)31-15-12-20-61(31)44(72)28(14-11-19-53-46(51)52)55-37(65)26(48)22-62/h23-31,34-36,62H,7-22,47-48H2,1-6H3,(H2,49,63)(H2,50,64)(H,54,70)(H,55,65)(H,56,66)(H,57,71)(H,58,68)(H,59,67)(H,60,69)(H,73,74)(H4,51,52,53)/t24-,25-,26-,27-,28-,29-,30-,31-,34-,35-,36-/m0/s1. The van der Waals surface area contributed by atoms with Gasteiger partial charge in [-0.15, -0.1) is 0 Å². The fraction of sp³-hybridized carbons (Fsp3) is 0.739. The first-order valence-electron chi connectivity index (χ1n) is 25.1. The van der Waals surface area contributed by atoms with Gasteiger partial charge in [-0.1, -0.05) is 54.4 Å². The maximum absolute atomic E-state index is 14.2. The van der Waals surface area contributed by atoms with E-state index in [1.54, 1.807) is 41.5 Å². The predicted molar refractivity (Wildman–Crippen MR) is 270 cm³/mol. The molecule has 21 N–H and O–H groups in total. The van der Waals surface area contributed by atoms with E-state index >= 15 is 0 Å². The molecule has 1 heterocycles. The molecule has 28 nitrogen and oxygen atoms in total. The summed E-state index contributed by atoms with van der Waals surface area (Å²) in [5, 5.41) is 36.9. The zero-order valence-electron chi connectivity index (χ0n) is 43.5. The number of rotatable bonds is 35. The summed E-state index contributed by atoms with van der Waals surface area (Å²) in [5.74, 6) is -12.0. The highest BCUT2D eigenvalue weighted by Gasteiger charge is 2.41. The Morgan fingerprint density at radius 2 is 1.14 bits per heavy atom. The van der Waals surface area contributed by atoms with Crippen molar-refractivity contribution in [3.05, 3.63) is 0 Å². The molecule has 74 heavy (non-hydrogen) atoms. The van der Waals surface area contributed by atoms with Crippen LogP contribution in [0.5, 0.6) is 0 Å². The molecule has 0 unspecified atom stereocenters. The highest BCUT2D eigenvalue weighted by molar-refractivity contribution is 5.99. The molecule has 1 saturated heterocycles. The summed E-state index contributed by atoms with van der Waals surface area (Å²) in [6, 6.07) is -12.2. The van der Waals surface area contributed by atoms with Crippen molar-refractivity contribution in [2.45, 2.75) is 173 Å². The number of nitrogens with two attached hydrogens (primary N) is 6. The number of unbranched alkanes of at least 4 members (excludes halogenated alkanes) is 1. The Bertz CT molecular complexity index is 1970. The minimum atomic E-state index is -1.72. The molecule has 10 amide bonds. The summed E-state index contributed by atoms with van der Waals surface area (Å²) in [4.78, 5) is 151. The molecule has 0 bridgehead atoms. The van der Waals surface area contributed by atoms with Gasteiger partial charge in [0.05, 0.1) is 13.0 Å². The number of guanidine groups is 1. The average Bonchev–Trinajstić information content (AvgIpc) is 3.84. The van der Waals surface area contributed by atoms with E-state index in [-0.39, 0.29) is 70.5 Å². The number of primary amides is 2. The molecule has 0 aromatic rings. The van der Waals surface area contributed by atoms with Gasteiger partial charge >= 0.3 is 5.97 Å². The van der Waals surface area contributed by atoms with Gasteiger partial charge in [-0.3, -0.25) is 52.9 Å². The number of carboxylic acids is 1. The lowest BCUT2D eigenvalue weighted by Gasteiger charge is -2.32. The lowest BCUT2D eigenvalue weighted by atomic mass is 9.95. The number of likely N-dealkylation sites (tertiary alicyclic amines) is 1. The molecule has 0 saturated carbocycles. The topological polar surface area (TPSA) is 484 Å². The largest absolute Gasteiger partial charge is 0.480 e. The van der Waals surface area contributed by atoms with Gasteiger partial charge in [-0.2, -0.15) is 0 Å². The smallest absolute Gasteiger partial charge is 0.326 e. The number of carboxylic acid groups (broad SMARTS) is 1. The van der Waals surface area contributed by atoms with E-state index in [4.69, 9.17) is 34.4 Å². The van der Waals surface area contributed by atoms with Crippen LogP contribution in [0.25, 0.3) is 0 Å². The third-order valence-electron chi connectivity index (χ3n) is 12.7. The Labute approximate surface area is 431 Å². The number of nitrogens with zero attached hydrogens (tertiary/aromatic N) is 2. The first-order valence-corrected chi connectivity index (χ1v) is 25.1. The number of carbonyl (C=O) groups is 11. The number of aliphatic hydroxyl groups is 1.